The number of nitrogens with one attached hydrogen (secondary N) is 1. The molecule has 0 spiro atoms. The normalized spacial score (nSPS) is 10.4. The Balaban J connectivity index is 1.90. The van der Waals surface area contributed by atoms with Gasteiger partial charge >= 0.3 is 0 Å². The molecule has 2 rings (SSSR count). The highest BCUT2D eigenvalue weighted by molar-refractivity contribution is 7.15. The summed E-state index contributed by atoms with van der Waals surface area (Å²) in [5.74, 6) is -0.0979. The highest BCUT2D eigenvalue weighted by Crippen LogP contribution is 2.21. The summed E-state index contributed by atoms with van der Waals surface area (Å²) < 4.78 is 1.75. The minimum absolute atomic E-state index is 0.0979. The Morgan fingerprint density at radius 1 is 1.53 bits per heavy atom. The summed E-state index contributed by atoms with van der Waals surface area (Å²) in [5, 5.41) is 3.40. The Morgan fingerprint density at radius 3 is 2.95 bits per heavy atom. The Bertz CT molecular complexity index is 581. The van der Waals surface area contributed by atoms with E-state index in [2.05, 4.69) is 10.3 Å². The van der Waals surface area contributed by atoms with E-state index in [1.54, 1.807) is 22.9 Å². The van der Waals surface area contributed by atoms with Crippen LogP contribution in [0.25, 0.3) is 0 Å². The van der Waals surface area contributed by atoms with Crippen LogP contribution < -0.4 is 5.32 Å². The Kier molecular flexibility index (Phi) is 4.11. The molecule has 0 aliphatic carbocycles. The van der Waals surface area contributed by atoms with E-state index >= 15 is 0 Å². The molecule has 100 valence electrons. The number of carbonyl (C=O) groups excluding carboxylic acids is 2. The Hall–Kier alpha value is -1.95. The van der Waals surface area contributed by atoms with Gasteiger partial charge in [0, 0.05) is 24.0 Å². The van der Waals surface area contributed by atoms with Crippen molar-refractivity contribution in [2.45, 2.75) is 26.8 Å². The molecule has 0 aromatic carbocycles. The van der Waals surface area contributed by atoms with Crippen molar-refractivity contribution in [3.05, 3.63) is 34.6 Å². The third-order valence-corrected chi connectivity index (χ3v) is 3.83. The lowest BCUT2D eigenvalue weighted by atomic mass is 10.4. The molecule has 0 aliphatic heterocycles. The highest BCUT2D eigenvalue weighted by Gasteiger charge is 2.08. The number of rotatable bonds is 5. The van der Waals surface area contributed by atoms with Crippen LogP contribution >= 0.6 is 11.3 Å². The molecule has 1 amide bonds. The maximum absolute atomic E-state index is 11.8. The molecule has 2 aromatic rings. The van der Waals surface area contributed by atoms with Crippen LogP contribution in [0.4, 0.5) is 5.13 Å². The second kappa shape index (κ2) is 5.79. The molecule has 2 aromatic heterocycles. The van der Waals surface area contributed by atoms with Gasteiger partial charge in [-0.1, -0.05) is 0 Å². The zero-order chi connectivity index (χ0) is 13.8. The van der Waals surface area contributed by atoms with Gasteiger partial charge in [0.15, 0.2) is 11.4 Å². The molecule has 0 radical (unpaired) electrons. The van der Waals surface area contributed by atoms with E-state index in [1.807, 2.05) is 13.8 Å². The van der Waals surface area contributed by atoms with E-state index < -0.39 is 0 Å². The SMILES string of the molecule is Cc1nc(NC(=O)CCn2cccc2C=O)sc1C. The summed E-state index contributed by atoms with van der Waals surface area (Å²) in [6, 6.07) is 3.51. The molecular formula is C13H15N3O2S. The monoisotopic (exact) mass is 277 g/mol. The van der Waals surface area contributed by atoms with Gasteiger partial charge in [0.2, 0.25) is 5.91 Å². The molecule has 2 heterocycles. The molecule has 0 bridgehead atoms. The third-order valence-electron chi connectivity index (χ3n) is 2.84. The predicted molar refractivity (Wildman–Crippen MR) is 74.7 cm³/mol. The molecule has 0 saturated carbocycles. The van der Waals surface area contributed by atoms with Crippen molar-refractivity contribution in [1.82, 2.24) is 9.55 Å². The van der Waals surface area contributed by atoms with Crippen molar-refractivity contribution in [1.29, 1.82) is 0 Å². The largest absolute Gasteiger partial charge is 0.345 e. The van der Waals surface area contributed by atoms with Gasteiger partial charge in [-0.3, -0.25) is 9.59 Å². The van der Waals surface area contributed by atoms with Crippen molar-refractivity contribution in [3.8, 4) is 0 Å². The molecule has 0 saturated heterocycles. The van der Waals surface area contributed by atoms with Crippen molar-refractivity contribution in [2.75, 3.05) is 5.32 Å². The van der Waals surface area contributed by atoms with Crippen LogP contribution in [-0.4, -0.2) is 21.7 Å². The first-order chi connectivity index (χ1) is 9.10. The predicted octanol–water partition coefficient (Wildman–Crippen LogP) is 2.40. The van der Waals surface area contributed by atoms with Crippen LogP contribution in [0.3, 0.4) is 0 Å². The topological polar surface area (TPSA) is 64.0 Å². The zero-order valence-corrected chi connectivity index (χ0v) is 11.7. The van der Waals surface area contributed by atoms with Gasteiger partial charge in [0.25, 0.3) is 0 Å². The van der Waals surface area contributed by atoms with Gasteiger partial charge < -0.3 is 9.88 Å². The van der Waals surface area contributed by atoms with Crippen molar-refractivity contribution >= 4 is 28.7 Å². The Labute approximate surface area is 115 Å². The fourth-order valence-corrected chi connectivity index (χ4v) is 2.50. The molecule has 0 atom stereocenters. The molecule has 0 unspecified atom stereocenters. The molecule has 0 fully saturated rings. The van der Waals surface area contributed by atoms with Gasteiger partial charge in [0.05, 0.1) is 11.4 Å². The first-order valence-electron chi connectivity index (χ1n) is 5.94. The van der Waals surface area contributed by atoms with Gasteiger partial charge in [-0.15, -0.1) is 11.3 Å². The van der Waals surface area contributed by atoms with Crippen LogP contribution in [0.5, 0.6) is 0 Å². The molecule has 0 aliphatic rings. The third kappa shape index (κ3) is 3.29. The van der Waals surface area contributed by atoms with Gasteiger partial charge in [-0.2, -0.15) is 0 Å². The van der Waals surface area contributed by atoms with Gasteiger partial charge in [-0.05, 0) is 26.0 Å². The smallest absolute Gasteiger partial charge is 0.227 e. The maximum Gasteiger partial charge on any atom is 0.227 e. The lowest BCUT2D eigenvalue weighted by Gasteiger charge is -2.05. The summed E-state index contributed by atoms with van der Waals surface area (Å²) in [7, 11) is 0. The van der Waals surface area contributed by atoms with Crippen LogP contribution in [-0.2, 0) is 11.3 Å². The summed E-state index contributed by atoms with van der Waals surface area (Å²) in [6.45, 7) is 4.37. The average molecular weight is 277 g/mol. The zero-order valence-electron chi connectivity index (χ0n) is 10.8. The molecule has 19 heavy (non-hydrogen) atoms. The first-order valence-corrected chi connectivity index (χ1v) is 6.76. The lowest BCUT2D eigenvalue weighted by Crippen LogP contribution is -2.14. The minimum atomic E-state index is -0.0979. The number of hydrogen-bond donors (Lipinski definition) is 1. The number of thiazole rings is 1. The number of amides is 1. The number of aldehydes is 1. The maximum atomic E-state index is 11.8. The number of carbonyl (C=O) groups is 2. The van der Waals surface area contributed by atoms with Gasteiger partial charge in [0.1, 0.15) is 0 Å². The number of nitrogens with zero attached hydrogens (tertiary/aromatic N) is 2. The highest BCUT2D eigenvalue weighted by atomic mass is 32.1. The number of hydrogen-bond acceptors (Lipinski definition) is 4. The van der Waals surface area contributed by atoms with E-state index in [1.165, 1.54) is 11.3 Å². The molecule has 1 N–H and O–H groups in total. The van der Waals surface area contributed by atoms with Gasteiger partial charge in [-0.25, -0.2) is 4.98 Å². The van der Waals surface area contributed by atoms with E-state index in [0.29, 0.717) is 23.8 Å². The summed E-state index contributed by atoms with van der Waals surface area (Å²) >= 11 is 1.47. The fraction of sp³-hybridized carbons (Fsp3) is 0.308. The van der Waals surface area contributed by atoms with Crippen LogP contribution in [0.2, 0.25) is 0 Å². The average Bonchev–Trinajstić information content (AvgIpc) is 2.94. The van der Waals surface area contributed by atoms with Crippen LogP contribution in [0, 0.1) is 13.8 Å². The molecule has 6 heteroatoms. The summed E-state index contributed by atoms with van der Waals surface area (Å²) in [6.07, 6.45) is 2.88. The van der Waals surface area contributed by atoms with E-state index in [0.717, 1.165) is 16.9 Å². The second-order valence-corrected chi connectivity index (χ2v) is 5.41. The summed E-state index contributed by atoms with van der Waals surface area (Å²) in [4.78, 5) is 27.9. The molecule has 5 nitrogen and oxygen atoms in total. The number of aryl methyl sites for hydroxylation is 3. The van der Waals surface area contributed by atoms with Crippen LogP contribution in [0.1, 0.15) is 27.5 Å². The van der Waals surface area contributed by atoms with Crippen LogP contribution in [0.15, 0.2) is 18.3 Å². The van der Waals surface area contributed by atoms with E-state index in [-0.39, 0.29) is 5.91 Å². The lowest BCUT2D eigenvalue weighted by molar-refractivity contribution is -0.116. The minimum Gasteiger partial charge on any atom is -0.345 e. The van der Waals surface area contributed by atoms with E-state index in [9.17, 15) is 9.59 Å². The summed E-state index contributed by atoms with van der Waals surface area (Å²) in [5.41, 5.74) is 1.52. The van der Waals surface area contributed by atoms with Crippen molar-refractivity contribution in [2.24, 2.45) is 0 Å². The quantitative estimate of drug-likeness (QED) is 0.854. The number of anilines is 1. The molecular weight excluding hydrogens is 262 g/mol. The van der Waals surface area contributed by atoms with Crippen molar-refractivity contribution < 1.29 is 9.59 Å². The Morgan fingerprint density at radius 2 is 2.32 bits per heavy atom. The second-order valence-electron chi connectivity index (χ2n) is 4.20. The number of aromatic nitrogens is 2. The first kappa shape index (κ1) is 13.5. The standard InChI is InChI=1S/C13H15N3O2S/c1-9-10(2)19-13(14-9)15-12(18)5-7-16-6-3-4-11(16)8-17/h3-4,6,8H,5,7H2,1-2H3,(H,14,15,18). The van der Waals surface area contributed by atoms with Crippen molar-refractivity contribution in [3.63, 3.8) is 0 Å². The van der Waals surface area contributed by atoms with E-state index in [4.69, 9.17) is 0 Å². The fourth-order valence-electron chi connectivity index (χ4n) is 1.67.